The lowest BCUT2D eigenvalue weighted by Crippen LogP contribution is -2.34. The van der Waals surface area contributed by atoms with E-state index in [0.717, 1.165) is 32.6 Å². The number of likely N-dealkylation sites (N-methyl/N-ethyl adjacent to an activating group) is 1. The summed E-state index contributed by atoms with van der Waals surface area (Å²) in [6.45, 7) is 3.47. The van der Waals surface area contributed by atoms with Crippen LogP contribution in [0.3, 0.4) is 0 Å². The van der Waals surface area contributed by atoms with Gasteiger partial charge in [-0.05, 0) is 20.0 Å². The number of nitrogens with zero attached hydrogens (tertiary/aromatic N) is 3. The summed E-state index contributed by atoms with van der Waals surface area (Å²) in [6, 6.07) is 0. The zero-order valence-corrected chi connectivity index (χ0v) is 9.44. The summed E-state index contributed by atoms with van der Waals surface area (Å²) in [5.74, 6) is 0.323. The van der Waals surface area contributed by atoms with Crippen LogP contribution in [0.2, 0.25) is 0 Å². The van der Waals surface area contributed by atoms with Gasteiger partial charge in [0.1, 0.15) is 11.4 Å². The van der Waals surface area contributed by atoms with Crippen molar-refractivity contribution < 1.29 is 4.79 Å². The molecule has 1 aliphatic heterocycles. The van der Waals surface area contributed by atoms with E-state index in [1.807, 2.05) is 4.90 Å². The van der Waals surface area contributed by atoms with Crippen LogP contribution in [0, 0.1) is 0 Å². The zero-order valence-electron chi connectivity index (χ0n) is 9.44. The van der Waals surface area contributed by atoms with E-state index in [2.05, 4.69) is 22.1 Å². The third-order valence-corrected chi connectivity index (χ3v) is 2.91. The molecular formula is C10H17N5O. The molecule has 3 N–H and O–H groups in total. The second-order valence-corrected chi connectivity index (χ2v) is 4.15. The number of anilines is 1. The van der Waals surface area contributed by atoms with Gasteiger partial charge in [-0.3, -0.25) is 9.89 Å². The first-order valence-corrected chi connectivity index (χ1v) is 5.45. The first-order valence-electron chi connectivity index (χ1n) is 5.45. The molecule has 1 aliphatic rings. The fraction of sp³-hybridized carbons (Fsp3) is 0.600. The number of aromatic amines is 1. The van der Waals surface area contributed by atoms with Gasteiger partial charge in [0.15, 0.2) is 0 Å². The molecule has 0 unspecified atom stereocenters. The second kappa shape index (κ2) is 4.52. The summed E-state index contributed by atoms with van der Waals surface area (Å²) < 4.78 is 0. The Morgan fingerprint density at radius 1 is 1.44 bits per heavy atom. The molecule has 1 aromatic rings. The van der Waals surface area contributed by atoms with Crippen LogP contribution < -0.4 is 5.73 Å². The highest BCUT2D eigenvalue weighted by molar-refractivity contribution is 5.98. The van der Waals surface area contributed by atoms with Crippen LogP contribution in [0.15, 0.2) is 6.20 Å². The summed E-state index contributed by atoms with van der Waals surface area (Å²) in [5.41, 5.74) is 6.11. The predicted octanol–water partition coefficient (Wildman–Crippen LogP) is -0.230. The molecule has 0 saturated carbocycles. The maximum Gasteiger partial charge on any atom is 0.259 e. The molecule has 0 aromatic carbocycles. The summed E-state index contributed by atoms with van der Waals surface area (Å²) in [7, 11) is 2.07. The van der Waals surface area contributed by atoms with Crippen molar-refractivity contribution in [2.45, 2.75) is 6.42 Å². The highest BCUT2D eigenvalue weighted by Crippen LogP contribution is 2.12. The van der Waals surface area contributed by atoms with E-state index in [1.54, 1.807) is 0 Å². The Hall–Kier alpha value is -1.56. The number of carbonyl (C=O) groups is 1. The molecule has 1 saturated heterocycles. The topological polar surface area (TPSA) is 78.2 Å². The lowest BCUT2D eigenvalue weighted by Gasteiger charge is -2.19. The standard InChI is InChI=1S/C10H17N5O/c1-14-3-2-4-15(6-5-14)10(16)8-7-12-13-9(8)11/h7H,2-6H2,1H3,(H3,11,12,13). The Morgan fingerprint density at radius 2 is 2.25 bits per heavy atom. The Balaban J connectivity index is 2.07. The van der Waals surface area contributed by atoms with Gasteiger partial charge in [0, 0.05) is 19.6 Å². The molecule has 0 radical (unpaired) electrons. The van der Waals surface area contributed by atoms with E-state index in [1.165, 1.54) is 6.20 Å². The number of hydrogen-bond acceptors (Lipinski definition) is 4. The molecule has 16 heavy (non-hydrogen) atoms. The maximum atomic E-state index is 12.1. The SMILES string of the molecule is CN1CCCN(C(=O)c2cn[nH]c2N)CC1. The minimum absolute atomic E-state index is 0.0263. The van der Waals surface area contributed by atoms with Gasteiger partial charge in [-0.2, -0.15) is 5.10 Å². The van der Waals surface area contributed by atoms with Crippen molar-refractivity contribution in [2.24, 2.45) is 0 Å². The molecule has 0 atom stereocenters. The van der Waals surface area contributed by atoms with Crippen LogP contribution in [0.5, 0.6) is 0 Å². The summed E-state index contributed by atoms with van der Waals surface area (Å²) in [6.07, 6.45) is 2.49. The quantitative estimate of drug-likeness (QED) is 0.689. The number of aromatic nitrogens is 2. The van der Waals surface area contributed by atoms with Crippen molar-refractivity contribution in [3.8, 4) is 0 Å². The van der Waals surface area contributed by atoms with Crippen LogP contribution in [0.25, 0.3) is 0 Å². The van der Waals surface area contributed by atoms with Gasteiger partial charge in [-0.1, -0.05) is 0 Å². The molecule has 88 valence electrons. The van der Waals surface area contributed by atoms with Gasteiger partial charge in [0.05, 0.1) is 6.20 Å². The van der Waals surface area contributed by atoms with E-state index in [-0.39, 0.29) is 5.91 Å². The number of amides is 1. The Kier molecular flexibility index (Phi) is 3.09. The monoisotopic (exact) mass is 223 g/mol. The smallest absolute Gasteiger partial charge is 0.259 e. The predicted molar refractivity (Wildman–Crippen MR) is 61.0 cm³/mol. The lowest BCUT2D eigenvalue weighted by atomic mass is 10.2. The van der Waals surface area contributed by atoms with Crippen LogP contribution >= 0.6 is 0 Å². The number of nitrogens with two attached hydrogens (primary N) is 1. The van der Waals surface area contributed by atoms with Crippen molar-refractivity contribution >= 4 is 11.7 Å². The van der Waals surface area contributed by atoms with Gasteiger partial charge in [0.2, 0.25) is 0 Å². The Morgan fingerprint density at radius 3 is 2.94 bits per heavy atom. The van der Waals surface area contributed by atoms with Crippen LogP contribution in [0.1, 0.15) is 16.8 Å². The van der Waals surface area contributed by atoms with Crippen LogP contribution in [0.4, 0.5) is 5.82 Å². The normalized spacial score (nSPS) is 18.4. The first-order chi connectivity index (χ1) is 7.68. The molecule has 1 aromatic heterocycles. The Labute approximate surface area is 94.4 Å². The maximum absolute atomic E-state index is 12.1. The first kappa shape index (κ1) is 10.9. The summed E-state index contributed by atoms with van der Waals surface area (Å²) in [4.78, 5) is 16.2. The van der Waals surface area contributed by atoms with E-state index < -0.39 is 0 Å². The van der Waals surface area contributed by atoms with Gasteiger partial charge in [0.25, 0.3) is 5.91 Å². The average Bonchev–Trinajstić information content (AvgIpc) is 2.56. The lowest BCUT2D eigenvalue weighted by molar-refractivity contribution is 0.0764. The zero-order chi connectivity index (χ0) is 11.5. The van der Waals surface area contributed by atoms with E-state index in [0.29, 0.717) is 11.4 Å². The molecule has 0 aliphatic carbocycles. The van der Waals surface area contributed by atoms with Gasteiger partial charge in [-0.15, -0.1) is 0 Å². The van der Waals surface area contributed by atoms with Gasteiger partial charge < -0.3 is 15.5 Å². The number of rotatable bonds is 1. The van der Waals surface area contributed by atoms with E-state index >= 15 is 0 Å². The molecule has 0 spiro atoms. The van der Waals surface area contributed by atoms with E-state index in [4.69, 9.17) is 5.73 Å². The molecule has 6 nitrogen and oxygen atoms in total. The molecular weight excluding hydrogens is 206 g/mol. The fourth-order valence-corrected chi connectivity index (χ4v) is 1.89. The minimum atomic E-state index is -0.0263. The molecule has 2 rings (SSSR count). The second-order valence-electron chi connectivity index (χ2n) is 4.15. The number of nitrogen functional groups attached to an aromatic ring is 1. The van der Waals surface area contributed by atoms with Crippen LogP contribution in [-0.2, 0) is 0 Å². The highest BCUT2D eigenvalue weighted by Gasteiger charge is 2.21. The summed E-state index contributed by atoms with van der Waals surface area (Å²) >= 11 is 0. The van der Waals surface area contributed by atoms with Crippen molar-refractivity contribution in [2.75, 3.05) is 39.0 Å². The number of hydrogen-bond donors (Lipinski definition) is 2. The average molecular weight is 223 g/mol. The van der Waals surface area contributed by atoms with Gasteiger partial charge >= 0.3 is 0 Å². The van der Waals surface area contributed by atoms with Crippen molar-refractivity contribution in [1.82, 2.24) is 20.0 Å². The summed E-state index contributed by atoms with van der Waals surface area (Å²) in [5, 5.41) is 6.35. The Bertz CT molecular complexity index is 375. The van der Waals surface area contributed by atoms with Crippen molar-refractivity contribution in [1.29, 1.82) is 0 Å². The van der Waals surface area contributed by atoms with Crippen LogP contribution in [-0.4, -0.2) is 59.1 Å². The number of H-pyrrole nitrogens is 1. The molecule has 1 amide bonds. The number of nitrogens with one attached hydrogen (secondary N) is 1. The molecule has 2 heterocycles. The van der Waals surface area contributed by atoms with E-state index in [9.17, 15) is 4.79 Å². The molecule has 6 heteroatoms. The minimum Gasteiger partial charge on any atom is -0.383 e. The third kappa shape index (κ3) is 2.16. The molecule has 1 fully saturated rings. The van der Waals surface area contributed by atoms with Crippen molar-refractivity contribution in [3.63, 3.8) is 0 Å². The molecule has 0 bridgehead atoms. The van der Waals surface area contributed by atoms with Gasteiger partial charge in [-0.25, -0.2) is 0 Å². The number of carbonyl (C=O) groups excluding carboxylic acids is 1. The van der Waals surface area contributed by atoms with Crippen molar-refractivity contribution in [3.05, 3.63) is 11.8 Å². The third-order valence-electron chi connectivity index (χ3n) is 2.91. The largest absolute Gasteiger partial charge is 0.383 e. The highest BCUT2D eigenvalue weighted by atomic mass is 16.2. The fourth-order valence-electron chi connectivity index (χ4n) is 1.89.